The van der Waals surface area contributed by atoms with E-state index in [2.05, 4.69) is 22.8 Å². The van der Waals surface area contributed by atoms with E-state index in [4.69, 9.17) is 0 Å². The topological polar surface area (TPSA) is 62.6 Å². The highest BCUT2D eigenvalue weighted by atomic mass is 32.1. The number of nitrogens with one attached hydrogen (secondary N) is 3. The van der Waals surface area contributed by atoms with Crippen LogP contribution in [0.3, 0.4) is 0 Å². The van der Waals surface area contributed by atoms with Crippen LogP contribution in [0.4, 0.5) is 0 Å². The van der Waals surface area contributed by atoms with Gasteiger partial charge in [0.25, 0.3) is 5.91 Å². The minimum atomic E-state index is -0.154. The number of amides is 2. The van der Waals surface area contributed by atoms with Gasteiger partial charge in [0.05, 0.1) is 16.3 Å². The maximum absolute atomic E-state index is 12.1. The second kappa shape index (κ2) is 9.44. The molecule has 0 unspecified atom stereocenters. The lowest BCUT2D eigenvalue weighted by molar-refractivity contribution is -0.919. The average Bonchev–Trinajstić information content (AvgIpc) is 3.19. The Morgan fingerprint density at radius 3 is 2.09 bits per heavy atom. The van der Waals surface area contributed by atoms with Crippen LogP contribution in [-0.2, 0) is 22.7 Å². The van der Waals surface area contributed by atoms with Crippen LogP contribution in [-0.4, -0.2) is 31.4 Å². The summed E-state index contributed by atoms with van der Waals surface area (Å²) in [5, 5.41) is 9.46. The third-order valence-corrected chi connectivity index (χ3v) is 4.99. The Morgan fingerprint density at radius 1 is 1.00 bits per heavy atom. The molecule has 0 aliphatic rings. The molecule has 124 valence electrons. The molecule has 3 N–H and O–H groups in total. The first-order valence-electron chi connectivity index (χ1n) is 7.59. The number of thiophene rings is 2. The molecule has 2 aromatic heterocycles. The Balaban J connectivity index is 1.88. The molecule has 5 nitrogen and oxygen atoms in total. The SMILES string of the molecule is CCNC(=O)CNC(=O)C[NH+](Cc1cccs1)Cc1cccs1. The van der Waals surface area contributed by atoms with Crippen LogP contribution >= 0.6 is 22.7 Å². The van der Waals surface area contributed by atoms with Crippen LogP contribution in [0.15, 0.2) is 35.0 Å². The molecule has 2 aromatic rings. The number of hydrogen-bond donors (Lipinski definition) is 3. The van der Waals surface area contributed by atoms with Crippen LogP contribution in [0.2, 0.25) is 0 Å². The lowest BCUT2D eigenvalue weighted by atomic mass is 10.3. The van der Waals surface area contributed by atoms with Crippen molar-refractivity contribution in [3.05, 3.63) is 44.8 Å². The molecule has 0 aromatic carbocycles. The fraction of sp³-hybridized carbons (Fsp3) is 0.375. The Hall–Kier alpha value is -1.70. The minimum Gasteiger partial charge on any atom is -0.355 e. The molecular weight excluding hydrogens is 330 g/mol. The number of carbonyl (C=O) groups excluding carboxylic acids is 2. The summed E-state index contributed by atoms with van der Waals surface area (Å²) in [7, 11) is 0. The van der Waals surface area contributed by atoms with Crippen LogP contribution < -0.4 is 15.5 Å². The molecule has 0 aliphatic carbocycles. The predicted octanol–water partition coefficient (Wildman–Crippen LogP) is 0.647. The molecule has 0 saturated carbocycles. The van der Waals surface area contributed by atoms with Crippen molar-refractivity contribution in [3.63, 3.8) is 0 Å². The summed E-state index contributed by atoms with van der Waals surface area (Å²) in [6.45, 7) is 4.44. The van der Waals surface area contributed by atoms with E-state index in [1.807, 2.05) is 29.8 Å². The number of rotatable bonds is 9. The maximum Gasteiger partial charge on any atom is 0.275 e. The fourth-order valence-electron chi connectivity index (χ4n) is 2.23. The molecular formula is C16H22N3O2S2+. The quantitative estimate of drug-likeness (QED) is 0.620. The normalized spacial score (nSPS) is 10.7. The van der Waals surface area contributed by atoms with Crippen molar-refractivity contribution in [2.45, 2.75) is 20.0 Å². The summed E-state index contributed by atoms with van der Waals surface area (Å²) in [6.07, 6.45) is 0. The molecule has 0 spiro atoms. The third kappa shape index (κ3) is 6.52. The van der Waals surface area contributed by atoms with Gasteiger partial charge in [-0.1, -0.05) is 12.1 Å². The van der Waals surface area contributed by atoms with Gasteiger partial charge in [-0.3, -0.25) is 9.59 Å². The molecule has 2 amide bonds. The van der Waals surface area contributed by atoms with Crippen molar-refractivity contribution in [1.82, 2.24) is 10.6 Å². The van der Waals surface area contributed by atoms with Gasteiger partial charge in [-0.2, -0.15) is 0 Å². The number of likely N-dealkylation sites (N-methyl/N-ethyl adjacent to an activating group) is 1. The smallest absolute Gasteiger partial charge is 0.275 e. The Morgan fingerprint density at radius 2 is 1.61 bits per heavy atom. The van der Waals surface area contributed by atoms with Gasteiger partial charge in [0.15, 0.2) is 6.54 Å². The first-order chi connectivity index (χ1) is 11.2. The monoisotopic (exact) mass is 352 g/mol. The zero-order chi connectivity index (χ0) is 16.5. The molecule has 7 heteroatoms. The van der Waals surface area contributed by atoms with Crippen LogP contribution in [0.25, 0.3) is 0 Å². The van der Waals surface area contributed by atoms with Crippen molar-refractivity contribution in [1.29, 1.82) is 0 Å². The zero-order valence-electron chi connectivity index (χ0n) is 13.1. The second-order valence-electron chi connectivity index (χ2n) is 5.17. The summed E-state index contributed by atoms with van der Waals surface area (Å²) in [6, 6.07) is 8.23. The number of hydrogen-bond acceptors (Lipinski definition) is 4. The van der Waals surface area contributed by atoms with Gasteiger partial charge in [-0.05, 0) is 29.8 Å². The van der Waals surface area contributed by atoms with E-state index in [9.17, 15) is 9.59 Å². The van der Waals surface area contributed by atoms with Gasteiger partial charge < -0.3 is 15.5 Å². The highest BCUT2D eigenvalue weighted by molar-refractivity contribution is 7.10. The molecule has 2 heterocycles. The van der Waals surface area contributed by atoms with E-state index < -0.39 is 0 Å². The lowest BCUT2D eigenvalue weighted by Gasteiger charge is -2.17. The molecule has 23 heavy (non-hydrogen) atoms. The molecule has 0 fully saturated rings. The number of quaternary nitrogens is 1. The molecule has 2 rings (SSSR count). The molecule has 0 aliphatic heterocycles. The van der Waals surface area contributed by atoms with Gasteiger partial charge in [-0.15, -0.1) is 22.7 Å². The number of carbonyl (C=O) groups is 2. The third-order valence-electron chi connectivity index (χ3n) is 3.24. The van der Waals surface area contributed by atoms with Crippen molar-refractivity contribution in [2.75, 3.05) is 19.6 Å². The van der Waals surface area contributed by atoms with E-state index in [-0.39, 0.29) is 18.4 Å². The summed E-state index contributed by atoms with van der Waals surface area (Å²) in [5.41, 5.74) is 0. The molecule has 0 atom stereocenters. The Kier molecular flexibility index (Phi) is 7.25. The van der Waals surface area contributed by atoms with Crippen molar-refractivity contribution >= 4 is 34.5 Å². The van der Waals surface area contributed by atoms with Crippen molar-refractivity contribution in [2.24, 2.45) is 0 Å². The molecule has 0 bridgehead atoms. The van der Waals surface area contributed by atoms with Gasteiger partial charge in [-0.25, -0.2) is 0 Å². The largest absolute Gasteiger partial charge is 0.355 e. The summed E-state index contributed by atoms with van der Waals surface area (Å²) < 4.78 is 0. The van der Waals surface area contributed by atoms with Gasteiger partial charge in [0.1, 0.15) is 13.1 Å². The van der Waals surface area contributed by atoms with E-state index in [1.165, 1.54) is 14.7 Å². The van der Waals surface area contributed by atoms with Crippen LogP contribution in [0.1, 0.15) is 16.7 Å². The van der Waals surface area contributed by atoms with E-state index >= 15 is 0 Å². The highest BCUT2D eigenvalue weighted by Gasteiger charge is 2.17. The predicted molar refractivity (Wildman–Crippen MR) is 93.6 cm³/mol. The van der Waals surface area contributed by atoms with Crippen LogP contribution in [0.5, 0.6) is 0 Å². The standard InChI is InChI=1S/C16H21N3O2S2/c1-2-17-15(20)9-18-16(21)12-19(10-13-5-3-7-22-13)11-14-6-4-8-23-14/h3-8H,2,9-12H2,1H3,(H,17,20)(H,18,21)/p+1. The van der Waals surface area contributed by atoms with Crippen LogP contribution in [0, 0.1) is 0 Å². The summed E-state index contributed by atoms with van der Waals surface area (Å²) >= 11 is 3.41. The Labute approximate surface area is 144 Å². The van der Waals surface area contributed by atoms with Crippen molar-refractivity contribution in [3.8, 4) is 0 Å². The molecule has 0 radical (unpaired) electrons. The van der Waals surface area contributed by atoms with E-state index in [0.717, 1.165) is 13.1 Å². The first kappa shape index (κ1) is 17.7. The maximum atomic E-state index is 12.1. The molecule has 0 saturated heterocycles. The average molecular weight is 353 g/mol. The summed E-state index contributed by atoms with van der Waals surface area (Å²) in [5.74, 6) is -0.252. The highest BCUT2D eigenvalue weighted by Crippen LogP contribution is 2.08. The second-order valence-corrected chi connectivity index (χ2v) is 7.23. The van der Waals surface area contributed by atoms with Crippen molar-refractivity contribution < 1.29 is 14.5 Å². The fourth-order valence-corrected chi connectivity index (χ4v) is 3.79. The lowest BCUT2D eigenvalue weighted by Crippen LogP contribution is -3.10. The first-order valence-corrected chi connectivity index (χ1v) is 9.35. The zero-order valence-corrected chi connectivity index (χ0v) is 14.8. The van der Waals surface area contributed by atoms with Gasteiger partial charge in [0, 0.05) is 6.54 Å². The Bertz CT molecular complexity index is 561. The van der Waals surface area contributed by atoms with E-state index in [1.54, 1.807) is 22.7 Å². The van der Waals surface area contributed by atoms with Gasteiger partial charge in [0.2, 0.25) is 5.91 Å². The minimum absolute atomic E-state index is 0.0396. The van der Waals surface area contributed by atoms with E-state index in [0.29, 0.717) is 13.1 Å². The van der Waals surface area contributed by atoms with Gasteiger partial charge >= 0.3 is 0 Å². The summed E-state index contributed by atoms with van der Waals surface area (Å²) in [4.78, 5) is 27.2.